The van der Waals surface area contributed by atoms with Crippen LogP contribution in [0.3, 0.4) is 0 Å². The van der Waals surface area contributed by atoms with Gasteiger partial charge in [0.05, 0.1) is 31.0 Å². The van der Waals surface area contributed by atoms with E-state index in [2.05, 4.69) is 14.8 Å². The van der Waals surface area contributed by atoms with Gasteiger partial charge in [-0.05, 0) is 36.4 Å². The van der Waals surface area contributed by atoms with Gasteiger partial charge in [-0.15, -0.1) is 0 Å². The van der Waals surface area contributed by atoms with Crippen molar-refractivity contribution >= 4 is 23.5 Å². The summed E-state index contributed by atoms with van der Waals surface area (Å²) in [5.41, 5.74) is 1.30. The van der Waals surface area contributed by atoms with Crippen LogP contribution in [0, 0.1) is 0 Å². The van der Waals surface area contributed by atoms with Gasteiger partial charge in [-0.2, -0.15) is 0 Å². The molecule has 6 heteroatoms. The van der Waals surface area contributed by atoms with Crippen molar-refractivity contribution in [3.63, 3.8) is 0 Å². The van der Waals surface area contributed by atoms with Crippen molar-refractivity contribution in [2.24, 2.45) is 0 Å². The molecule has 0 aliphatic heterocycles. The van der Waals surface area contributed by atoms with Crippen molar-refractivity contribution in [1.29, 1.82) is 0 Å². The number of hydrogen-bond donors (Lipinski definition) is 1. The number of amides is 1. The summed E-state index contributed by atoms with van der Waals surface area (Å²) in [7, 11) is 2.55. The summed E-state index contributed by atoms with van der Waals surface area (Å²) in [6, 6.07) is 12.5. The zero-order valence-corrected chi connectivity index (χ0v) is 12.7. The Balaban J connectivity index is 2.20. The summed E-state index contributed by atoms with van der Waals surface area (Å²) >= 11 is 0. The largest absolute Gasteiger partial charge is 0.465 e. The first kappa shape index (κ1) is 16.2. The molecule has 2 aromatic carbocycles. The molecule has 0 aliphatic rings. The Bertz CT molecular complexity index is 737. The number of anilines is 1. The Labute approximate surface area is 133 Å². The molecule has 0 unspecified atom stereocenters. The Hall–Kier alpha value is -3.15. The van der Waals surface area contributed by atoms with Crippen LogP contribution < -0.4 is 5.32 Å². The zero-order valence-electron chi connectivity index (χ0n) is 12.7. The zero-order chi connectivity index (χ0) is 16.8. The van der Waals surface area contributed by atoms with E-state index in [0.29, 0.717) is 16.8 Å². The fraction of sp³-hybridized carbons (Fsp3) is 0.118. The predicted molar refractivity (Wildman–Crippen MR) is 83.5 cm³/mol. The van der Waals surface area contributed by atoms with Crippen molar-refractivity contribution in [3.8, 4) is 0 Å². The summed E-state index contributed by atoms with van der Waals surface area (Å²) in [5, 5.41) is 2.65. The highest BCUT2D eigenvalue weighted by Gasteiger charge is 2.14. The molecule has 2 rings (SSSR count). The number of nitrogens with one attached hydrogen (secondary N) is 1. The lowest BCUT2D eigenvalue weighted by atomic mass is 10.1. The molecule has 0 bridgehead atoms. The summed E-state index contributed by atoms with van der Waals surface area (Å²) in [6.45, 7) is 0. The second kappa shape index (κ2) is 7.22. The van der Waals surface area contributed by atoms with E-state index in [1.165, 1.54) is 38.5 Å². The van der Waals surface area contributed by atoms with Gasteiger partial charge < -0.3 is 14.8 Å². The molecule has 0 fully saturated rings. The van der Waals surface area contributed by atoms with Gasteiger partial charge in [0.15, 0.2) is 0 Å². The third-order valence-corrected chi connectivity index (χ3v) is 3.15. The lowest BCUT2D eigenvalue weighted by Gasteiger charge is -2.09. The average molecular weight is 313 g/mol. The Morgan fingerprint density at radius 2 is 1.35 bits per heavy atom. The van der Waals surface area contributed by atoms with Gasteiger partial charge >= 0.3 is 11.9 Å². The van der Waals surface area contributed by atoms with E-state index in [9.17, 15) is 14.4 Å². The molecule has 1 N–H and O–H groups in total. The number of rotatable bonds is 4. The minimum absolute atomic E-state index is 0.259. The third-order valence-electron chi connectivity index (χ3n) is 3.15. The van der Waals surface area contributed by atoms with Gasteiger partial charge in [0.25, 0.3) is 5.91 Å². The third kappa shape index (κ3) is 3.74. The molecule has 1 amide bonds. The minimum Gasteiger partial charge on any atom is -0.465 e. The van der Waals surface area contributed by atoms with Gasteiger partial charge in [-0.1, -0.05) is 12.1 Å². The fourth-order valence-electron chi connectivity index (χ4n) is 1.95. The van der Waals surface area contributed by atoms with E-state index in [1.807, 2.05) is 0 Å². The fourth-order valence-corrected chi connectivity index (χ4v) is 1.95. The molecule has 0 saturated carbocycles. The number of ether oxygens (including phenoxy) is 2. The van der Waals surface area contributed by atoms with Crippen LogP contribution in [0.2, 0.25) is 0 Å². The van der Waals surface area contributed by atoms with Crippen molar-refractivity contribution in [1.82, 2.24) is 0 Å². The van der Waals surface area contributed by atoms with Crippen LogP contribution >= 0.6 is 0 Å². The molecule has 23 heavy (non-hydrogen) atoms. The first-order chi connectivity index (χ1) is 11.1. The Morgan fingerprint density at radius 1 is 0.783 bits per heavy atom. The Kier molecular flexibility index (Phi) is 5.09. The van der Waals surface area contributed by atoms with Gasteiger partial charge in [-0.25, -0.2) is 9.59 Å². The Morgan fingerprint density at radius 3 is 1.96 bits per heavy atom. The molecule has 0 heterocycles. The van der Waals surface area contributed by atoms with Gasteiger partial charge in [-0.3, -0.25) is 4.79 Å². The van der Waals surface area contributed by atoms with Gasteiger partial charge in [0.2, 0.25) is 0 Å². The SMILES string of the molecule is COC(=O)c1ccc(C(=O)Nc2ccccc2C(=O)OC)cc1. The van der Waals surface area contributed by atoms with Crippen molar-refractivity contribution in [3.05, 3.63) is 65.2 Å². The highest BCUT2D eigenvalue weighted by molar-refractivity contribution is 6.08. The second-order valence-electron chi connectivity index (χ2n) is 4.56. The standard InChI is InChI=1S/C17H15NO5/c1-22-16(20)12-9-7-11(8-10-12)15(19)18-14-6-4-3-5-13(14)17(21)23-2/h3-10H,1-2H3,(H,18,19). The van der Waals surface area contributed by atoms with Crippen LogP contribution in [0.15, 0.2) is 48.5 Å². The molecular weight excluding hydrogens is 298 g/mol. The minimum atomic E-state index is -0.540. The number of benzene rings is 2. The maximum atomic E-state index is 12.2. The number of esters is 2. The highest BCUT2D eigenvalue weighted by Crippen LogP contribution is 2.17. The number of hydrogen-bond acceptors (Lipinski definition) is 5. The molecule has 0 spiro atoms. The van der Waals surface area contributed by atoms with Crippen LogP contribution in [-0.4, -0.2) is 32.1 Å². The lowest BCUT2D eigenvalue weighted by Crippen LogP contribution is -2.15. The normalized spacial score (nSPS) is 9.83. The average Bonchev–Trinajstić information content (AvgIpc) is 2.61. The molecule has 0 saturated heterocycles. The molecular formula is C17H15NO5. The maximum absolute atomic E-state index is 12.2. The van der Waals surface area contributed by atoms with Crippen LogP contribution in [0.5, 0.6) is 0 Å². The number of para-hydroxylation sites is 1. The first-order valence-electron chi connectivity index (χ1n) is 6.74. The monoisotopic (exact) mass is 313 g/mol. The molecule has 0 aromatic heterocycles. The van der Waals surface area contributed by atoms with Crippen LogP contribution in [-0.2, 0) is 9.47 Å². The lowest BCUT2D eigenvalue weighted by molar-refractivity contribution is 0.0592. The van der Waals surface area contributed by atoms with E-state index in [1.54, 1.807) is 24.3 Å². The van der Waals surface area contributed by atoms with E-state index in [4.69, 9.17) is 0 Å². The number of carbonyl (C=O) groups is 3. The summed E-state index contributed by atoms with van der Waals surface area (Å²) < 4.78 is 9.27. The van der Waals surface area contributed by atoms with Crippen molar-refractivity contribution < 1.29 is 23.9 Å². The van der Waals surface area contributed by atoms with Crippen LogP contribution in [0.1, 0.15) is 31.1 Å². The van der Waals surface area contributed by atoms with E-state index >= 15 is 0 Å². The topological polar surface area (TPSA) is 81.7 Å². The summed E-state index contributed by atoms with van der Waals surface area (Å²) in [5.74, 6) is -1.42. The van der Waals surface area contributed by atoms with E-state index in [-0.39, 0.29) is 5.56 Å². The predicted octanol–water partition coefficient (Wildman–Crippen LogP) is 2.51. The van der Waals surface area contributed by atoms with Crippen molar-refractivity contribution in [2.75, 3.05) is 19.5 Å². The van der Waals surface area contributed by atoms with Gasteiger partial charge in [0, 0.05) is 5.56 Å². The van der Waals surface area contributed by atoms with Gasteiger partial charge in [0.1, 0.15) is 0 Å². The van der Waals surface area contributed by atoms with Crippen LogP contribution in [0.25, 0.3) is 0 Å². The second-order valence-corrected chi connectivity index (χ2v) is 4.56. The smallest absolute Gasteiger partial charge is 0.339 e. The molecule has 118 valence electrons. The first-order valence-corrected chi connectivity index (χ1v) is 6.74. The van der Waals surface area contributed by atoms with E-state index in [0.717, 1.165) is 0 Å². The van der Waals surface area contributed by atoms with E-state index < -0.39 is 17.8 Å². The molecule has 0 atom stereocenters. The summed E-state index contributed by atoms with van der Waals surface area (Å²) in [4.78, 5) is 35.3. The summed E-state index contributed by atoms with van der Waals surface area (Å²) in [6.07, 6.45) is 0. The molecule has 0 radical (unpaired) electrons. The molecule has 0 aliphatic carbocycles. The van der Waals surface area contributed by atoms with Crippen molar-refractivity contribution in [2.45, 2.75) is 0 Å². The highest BCUT2D eigenvalue weighted by atomic mass is 16.5. The molecule has 6 nitrogen and oxygen atoms in total. The number of methoxy groups -OCH3 is 2. The quantitative estimate of drug-likeness (QED) is 0.877. The maximum Gasteiger partial charge on any atom is 0.339 e. The number of carbonyl (C=O) groups excluding carboxylic acids is 3. The molecule has 2 aromatic rings. The van der Waals surface area contributed by atoms with Crippen LogP contribution in [0.4, 0.5) is 5.69 Å².